The van der Waals surface area contributed by atoms with Gasteiger partial charge in [-0.05, 0) is 66.6 Å². The summed E-state index contributed by atoms with van der Waals surface area (Å²) in [5.74, 6) is -0.294. The van der Waals surface area contributed by atoms with Crippen molar-refractivity contribution in [1.29, 1.82) is 0 Å². The van der Waals surface area contributed by atoms with E-state index in [1.54, 1.807) is 25.3 Å². The van der Waals surface area contributed by atoms with Gasteiger partial charge in [-0.1, -0.05) is 39.4 Å². The fourth-order valence-corrected chi connectivity index (χ4v) is 6.31. The van der Waals surface area contributed by atoms with Crippen LogP contribution in [0.3, 0.4) is 0 Å². The number of carbonyl (C=O) groups is 2. The van der Waals surface area contributed by atoms with Gasteiger partial charge in [0.05, 0.1) is 28.9 Å². The zero-order chi connectivity index (χ0) is 25.8. The van der Waals surface area contributed by atoms with E-state index in [1.165, 1.54) is 16.2 Å². The molecule has 7 nitrogen and oxygen atoms in total. The first-order valence-electron chi connectivity index (χ1n) is 11.6. The van der Waals surface area contributed by atoms with Crippen LogP contribution in [0.2, 0.25) is 0 Å². The van der Waals surface area contributed by atoms with E-state index < -0.39 is 17.7 Å². The number of benzene rings is 3. The molecule has 9 heteroatoms. The molecular weight excluding hydrogens is 556 g/mol. The van der Waals surface area contributed by atoms with Crippen LogP contribution in [0, 0.1) is 0 Å². The van der Waals surface area contributed by atoms with E-state index >= 15 is 0 Å². The molecule has 0 spiro atoms. The summed E-state index contributed by atoms with van der Waals surface area (Å²) in [6.45, 7) is 1.98. The molecule has 2 aliphatic rings. The van der Waals surface area contributed by atoms with E-state index in [0.717, 1.165) is 20.5 Å². The molecule has 1 N–H and O–H groups in total. The molecule has 4 aromatic rings. The molecule has 3 aromatic carbocycles. The second-order valence-electron chi connectivity index (χ2n) is 9.01. The number of amides is 1. The Morgan fingerprint density at radius 3 is 2.78 bits per heavy atom. The van der Waals surface area contributed by atoms with Crippen LogP contribution in [-0.2, 0) is 16.0 Å². The van der Waals surface area contributed by atoms with Gasteiger partial charge in [0.2, 0.25) is 0 Å². The maximum absolute atomic E-state index is 13.5. The number of aromatic nitrogens is 1. The Labute approximate surface area is 225 Å². The van der Waals surface area contributed by atoms with E-state index in [2.05, 4.69) is 20.9 Å². The van der Waals surface area contributed by atoms with Crippen molar-refractivity contribution >= 4 is 60.1 Å². The minimum absolute atomic E-state index is 0.0202. The Balaban J connectivity index is 1.53. The molecule has 1 amide bonds. The molecule has 1 saturated heterocycles. The number of hydrogen-bond acceptors (Lipinski definition) is 7. The summed E-state index contributed by atoms with van der Waals surface area (Å²) < 4.78 is 12.7. The Morgan fingerprint density at radius 2 is 2.00 bits per heavy atom. The van der Waals surface area contributed by atoms with Crippen LogP contribution < -0.4 is 14.4 Å². The van der Waals surface area contributed by atoms with E-state index in [-0.39, 0.29) is 17.4 Å². The molecule has 1 aromatic heterocycles. The monoisotopic (exact) mass is 576 g/mol. The zero-order valence-electron chi connectivity index (χ0n) is 19.9. The lowest BCUT2D eigenvalue weighted by Crippen LogP contribution is -2.29. The summed E-state index contributed by atoms with van der Waals surface area (Å²) in [5.41, 5.74) is 2.79. The molecule has 3 heterocycles. The Hall–Kier alpha value is -3.69. The molecule has 0 bridgehead atoms. The SMILES string of the molecule is COc1ccc2nc(N3C(=O)C(=O)C(=C(O)c4ccc5c(c4)C[C@H](C)O5)[C@@H]3c3cccc(Br)c3)sc2c1. The van der Waals surface area contributed by atoms with Crippen molar-refractivity contribution in [3.05, 3.63) is 87.4 Å². The minimum Gasteiger partial charge on any atom is -0.507 e. The number of Topliss-reactive ketones (excluding diaryl/α,β-unsaturated/α-hetero) is 1. The number of ketones is 1. The molecule has 2 aliphatic heterocycles. The number of carbonyl (C=O) groups excluding carboxylic acids is 2. The number of halogens is 1. The molecule has 0 radical (unpaired) electrons. The maximum Gasteiger partial charge on any atom is 0.301 e. The Morgan fingerprint density at radius 1 is 1.16 bits per heavy atom. The van der Waals surface area contributed by atoms with Crippen LogP contribution in [0.25, 0.3) is 16.0 Å². The standard InChI is InChI=1S/C28H21BrN2O5S/c1-14-10-17-11-16(6-9-21(17)36-14)25(32)23-24(15-4-3-5-18(29)12-15)31(27(34)26(23)33)28-30-20-8-7-19(35-2)13-22(20)37-28/h3-9,11-14,24,32H,10H2,1-2H3/t14-,24-/m0/s1. The fourth-order valence-electron chi connectivity index (χ4n) is 4.87. The van der Waals surface area contributed by atoms with Crippen LogP contribution in [0.1, 0.15) is 29.7 Å². The van der Waals surface area contributed by atoms with Gasteiger partial charge >= 0.3 is 5.91 Å². The minimum atomic E-state index is -0.858. The topological polar surface area (TPSA) is 89.0 Å². The number of ether oxygens (including phenoxy) is 2. The van der Waals surface area contributed by atoms with E-state index in [4.69, 9.17) is 9.47 Å². The highest BCUT2D eigenvalue weighted by molar-refractivity contribution is 9.10. The van der Waals surface area contributed by atoms with Crippen molar-refractivity contribution < 1.29 is 24.2 Å². The van der Waals surface area contributed by atoms with Crippen molar-refractivity contribution in [3.8, 4) is 11.5 Å². The van der Waals surface area contributed by atoms with E-state index in [1.807, 2.05) is 49.4 Å². The third-order valence-corrected chi connectivity index (χ3v) is 8.08. The van der Waals surface area contributed by atoms with Crippen molar-refractivity contribution in [2.24, 2.45) is 0 Å². The molecule has 186 valence electrons. The predicted molar refractivity (Wildman–Crippen MR) is 145 cm³/mol. The van der Waals surface area contributed by atoms with Crippen LogP contribution in [0.15, 0.2) is 70.7 Å². The van der Waals surface area contributed by atoms with Crippen molar-refractivity contribution in [2.75, 3.05) is 12.0 Å². The molecule has 1 fully saturated rings. The van der Waals surface area contributed by atoms with Crippen molar-refractivity contribution in [3.63, 3.8) is 0 Å². The summed E-state index contributed by atoms with van der Waals surface area (Å²) in [5, 5.41) is 11.8. The lowest BCUT2D eigenvalue weighted by Gasteiger charge is -2.23. The Bertz CT molecular complexity index is 1630. The molecule has 0 aliphatic carbocycles. The second-order valence-corrected chi connectivity index (χ2v) is 10.9. The average Bonchev–Trinajstić information content (AvgIpc) is 3.55. The van der Waals surface area contributed by atoms with Gasteiger partial charge in [-0.15, -0.1) is 0 Å². The summed E-state index contributed by atoms with van der Waals surface area (Å²) in [4.78, 5) is 33.0. The predicted octanol–water partition coefficient (Wildman–Crippen LogP) is 6.02. The lowest BCUT2D eigenvalue weighted by molar-refractivity contribution is -0.132. The molecule has 2 atom stereocenters. The van der Waals surface area contributed by atoms with Crippen LogP contribution >= 0.6 is 27.3 Å². The first kappa shape index (κ1) is 23.7. The third-order valence-electron chi connectivity index (χ3n) is 6.57. The molecule has 0 unspecified atom stereocenters. The lowest BCUT2D eigenvalue weighted by atomic mass is 9.94. The Kier molecular flexibility index (Phi) is 5.77. The highest BCUT2D eigenvalue weighted by atomic mass is 79.9. The van der Waals surface area contributed by atoms with Crippen LogP contribution in [0.4, 0.5) is 5.13 Å². The van der Waals surface area contributed by atoms with Gasteiger partial charge in [0.25, 0.3) is 5.78 Å². The first-order valence-corrected chi connectivity index (χ1v) is 13.3. The van der Waals surface area contributed by atoms with Gasteiger partial charge in [0.15, 0.2) is 5.13 Å². The highest BCUT2D eigenvalue weighted by Crippen LogP contribution is 2.45. The van der Waals surface area contributed by atoms with Crippen molar-refractivity contribution in [2.45, 2.75) is 25.5 Å². The molecule has 0 saturated carbocycles. The summed E-state index contributed by atoms with van der Waals surface area (Å²) in [7, 11) is 1.58. The van der Waals surface area contributed by atoms with Crippen molar-refractivity contribution in [1.82, 2.24) is 4.98 Å². The average molecular weight is 577 g/mol. The zero-order valence-corrected chi connectivity index (χ0v) is 22.3. The summed E-state index contributed by atoms with van der Waals surface area (Å²) in [6.07, 6.45) is 0.743. The maximum atomic E-state index is 13.5. The van der Waals surface area contributed by atoms with Gasteiger partial charge in [-0.2, -0.15) is 0 Å². The van der Waals surface area contributed by atoms with Gasteiger partial charge in [0, 0.05) is 16.5 Å². The molecular formula is C28H21BrN2O5S. The molecule has 37 heavy (non-hydrogen) atoms. The van der Waals surface area contributed by atoms with Crippen LogP contribution in [-0.4, -0.2) is 35.0 Å². The second kappa shape index (κ2) is 9.00. The highest BCUT2D eigenvalue weighted by Gasteiger charge is 2.48. The number of anilines is 1. The number of methoxy groups -OCH3 is 1. The first-order chi connectivity index (χ1) is 17.8. The number of fused-ring (bicyclic) bond motifs is 2. The largest absolute Gasteiger partial charge is 0.507 e. The summed E-state index contributed by atoms with van der Waals surface area (Å²) >= 11 is 4.78. The number of rotatable bonds is 4. The number of nitrogens with zero attached hydrogens (tertiary/aromatic N) is 2. The normalized spacial score (nSPS) is 20.4. The fraction of sp³-hybridized carbons (Fsp3) is 0.179. The number of thiazole rings is 1. The van der Waals surface area contributed by atoms with Gasteiger partial charge in [0.1, 0.15) is 23.4 Å². The van der Waals surface area contributed by atoms with E-state index in [9.17, 15) is 14.7 Å². The number of aliphatic hydroxyl groups is 1. The smallest absolute Gasteiger partial charge is 0.301 e. The van der Waals surface area contributed by atoms with E-state index in [0.29, 0.717) is 33.9 Å². The molecule has 6 rings (SSSR count). The van der Waals surface area contributed by atoms with Crippen LogP contribution in [0.5, 0.6) is 11.5 Å². The number of hydrogen-bond donors (Lipinski definition) is 1. The van der Waals surface area contributed by atoms with Gasteiger partial charge in [-0.25, -0.2) is 4.98 Å². The summed E-state index contributed by atoms with van der Waals surface area (Å²) in [6, 6.07) is 17.3. The quantitative estimate of drug-likeness (QED) is 0.181. The van der Waals surface area contributed by atoms with Gasteiger partial charge in [-0.3, -0.25) is 14.5 Å². The third kappa shape index (κ3) is 3.98. The number of aliphatic hydroxyl groups excluding tert-OH is 1. The van der Waals surface area contributed by atoms with Gasteiger partial charge < -0.3 is 14.6 Å².